The summed E-state index contributed by atoms with van der Waals surface area (Å²) in [5.74, 6) is -0.873. The third kappa shape index (κ3) is 20.1. The molecular formula is C34H58N4O6. The van der Waals surface area contributed by atoms with E-state index in [1.165, 1.54) is 51.4 Å². The largest absolute Gasteiger partial charge is 0.362 e. The molecule has 0 aliphatic carbocycles. The third-order valence-corrected chi connectivity index (χ3v) is 7.43. The van der Waals surface area contributed by atoms with Crippen LogP contribution >= 0.6 is 0 Å². The molecule has 0 heterocycles. The highest BCUT2D eigenvalue weighted by Gasteiger charge is 2.12. The maximum atomic E-state index is 12.2. The van der Waals surface area contributed by atoms with Crippen molar-refractivity contribution in [2.45, 2.75) is 104 Å². The van der Waals surface area contributed by atoms with Crippen LogP contribution in [0.4, 0.5) is 0 Å². The molecule has 4 amide bonds. The minimum atomic E-state index is -0.306. The topological polar surface area (TPSA) is 117 Å². The monoisotopic (exact) mass is 618 g/mol. The first-order valence-corrected chi connectivity index (χ1v) is 16.5. The first-order chi connectivity index (χ1) is 21.3. The van der Waals surface area contributed by atoms with Crippen LogP contribution < -0.4 is 10.6 Å². The third-order valence-electron chi connectivity index (χ3n) is 7.43. The summed E-state index contributed by atoms with van der Waals surface area (Å²) in [7, 11) is 3.53. The van der Waals surface area contributed by atoms with Gasteiger partial charge in [0.05, 0.1) is 0 Å². The second kappa shape index (κ2) is 25.4. The van der Waals surface area contributed by atoms with Crippen molar-refractivity contribution >= 4 is 23.6 Å². The molecule has 1 aromatic rings. The molecule has 250 valence electrons. The van der Waals surface area contributed by atoms with Gasteiger partial charge in [0, 0.05) is 40.3 Å². The SMILES string of the molecule is CCCCCCCCN(C)C(=O)COCC(=O)NCc1cccc(CNC(=O)COCC(=O)N(C)CCCCCCCC)c1. The highest BCUT2D eigenvalue weighted by Crippen LogP contribution is 2.07. The number of amides is 4. The summed E-state index contributed by atoms with van der Waals surface area (Å²) in [4.78, 5) is 52.1. The molecule has 0 atom stereocenters. The van der Waals surface area contributed by atoms with Crippen LogP contribution in [0.2, 0.25) is 0 Å². The van der Waals surface area contributed by atoms with Crippen LogP contribution in [0, 0.1) is 0 Å². The van der Waals surface area contributed by atoms with Crippen molar-refractivity contribution in [1.82, 2.24) is 20.4 Å². The van der Waals surface area contributed by atoms with E-state index in [0.717, 1.165) is 36.8 Å². The summed E-state index contributed by atoms with van der Waals surface area (Å²) in [6.07, 6.45) is 14.0. The molecule has 0 bridgehead atoms. The summed E-state index contributed by atoms with van der Waals surface area (Å²) >= 11 is 0. The number of unbranched alkanes of at least 4 members (excludes halogenated alkanes) is 10. The maximum Gasteiger partial charge on any atom is 0.248 e. The number of benzene rings is 1. The fraction of sp³-hybridized carbons (Fsp3) is 0.706. The van der Waals surface area contributed by atoms with Gasteiger partial charge < -0.3 is 29.9 Å². The number of carbonyl (C=O) groups excluding carboxylic acids is 4. The molecule has 10 heteroatoms. The predicted octanol–water partition coefficient (Wildman–Crippen LogP) is 4.59. The number of carbonyl (C=O) groups is 4. The lowest BCUT2D eigenvalue weighted by atomic mass is 10.1. The van der Waals surface area contributed by atoms with E-state index in [9.17, 15) is 19.2 Å². The van der Waals surface area contributed by atoms with Crippen LogP contribution in [0.15, 0.2) is 24.3 Å². The Labute approximate surface area is 265 Å². The van der Waals surface area contributed by atoms with Gasteiger partial charge >= 0.3 is 0 Å². The Morgan fingerprint density at radius 1 is 0.591 bits per heavy atom. The van der Waals surface area contributed by atoms with Crippen molar-refractivity contribution in [2.75, 3.05) is 53.6 Å². The summed E-state index contributed by atoms with van der Waals surface area (Å²) in [6, 6.07) is 7.50. The Morgan fingerprint density at radius 2 is 0.977 bits per heavy atom. The molecule has 0 saturated heterocycles. The molecule has 1 rings (SSSR count). The molecule has 0 fully saturated rings. The predicted molar refractivity (Wildman–Crippen MR) is 174 cm³/mol. The molecule has 0 aliphatic rings. The zero-order chi connectivity index (χ0) is 32.4. The Kier molecular flexibility index (Phi) is 22.5. The second-order valence-corrected chi connectivity index (χ2v) is 11.5. The molecule has 0 unspecified atom stereocenters. The van der Waals surface area contributed by atoms with E-state index in [2.05, 4.69) is 24.5 Å². The summed E-state index contributed by atoms with van der Waals surface area (Å²) < 4.78 is 10.6. The summed E-state index contributed by atoms with van der Waals surface area (Å²) in [5.41, 5.74) is 1.74. The average Bonchev–Trinajstić information content (AvgIpc) is 3.02. The van der Waals surface area contributed by atoms with E-state index in [-0.39, 0.29) is 50.1 Å². The lowest BCUT2D eigenvalue weighted by Crippen LogP contribution is -2.34. The number of hydrogen-bond acceptors (Lipinski definition) is 6. The van der Waals surface area contributed by atoms with Crippen LogP contribution in [-0.4, -0.2) is 87.0 Å². The van der Waals surface area contributed by atoms with Crippen molar-refractivity contribution in [2.24, 2.45) is 0 Å². The highest BCUT2D eigenvalue weighted by atomic mass is 16.5. The van der Waals surface area contributed by atoms with Crippen molar-refractivity contribution in [3.05, 3.63) is 35.4 Å². The average molecular weight is 619 g/mol. The van der Waals surface area contributed by atoms with Gasteiger partial charge in [0.25, 0.3) is 0 Å². The highest BCUT2D eigenvalue weighted by molar-refractivity contribution is 5.80. The van der Waals surface area contributed by atoms with Crippen LogP contribution in [0.25, 0.3) is 0 Å². The Hall–Kier alpha value is -2.98. The Bertz CT molecular complexity index is 886. The summed E-state index contributed by atoms with van der Waals surface area (Å²) in [5, 5.41) is 5.58. The number of ether oxygens (including phenoxy) is 2. The number of likely N-dealkylation sites (N-methyl/N-ethyl adjacent to an activating group) is 2. The number of hydrogen-bond donors (Lipinski definition) is 2. The van der Waals surface area contributed by atoms with Gasteiger partial charge in [-0.3, -0.25) is 19.2 Å². The first kappa shape index (κ1) is 39.0. The molecule has 1 aromatic carbocycles. The van der Waals surface area contributed by atoms with Gasteiger partial charge in [-0.2, -0.15) is 0 Å². The van der Waals surface area contributed by atoms with Gasteiger partial charge in [-0.15, -0.1) is 0 Å². The fourth-order valence-electron chi connectivity index (χ4n) is 4.54. The van der Waals surface area contributed by atoms with E-state index in [0.29, 0.717) is 26.2 Å². The smallest absolute Gasteiger partial charge is 0.248 e. The van der Waals surface area contributed by atoms with E-state index < -0.39 is 0 Å². The van der Waals surface area contributed by atoms with E-state index >= 15 is 0 Å². The molecule has 0 aliphatic heterocycles. The molecule has 0 aromatic heterocycles. The second-order valence-electron chi connectivity index (χ2n) is 11.5. The van der Waals surface area contributed by atoms with Gasteiger partial charge in [0.2, 0.25) is 23.6 Å². The molecule has 2 N–H and O–H groups in total. The molecule has 0 saturated carbocycles. The van der Waals surface area contributed by atoms with E-state index in [1.54, 1.807) is 23.9 Å². The normalized spacial score (nSPS) is 10.8. The quantitative estimate of drug-likeness (QED) is 0.147. The molecule has 44 heavy (non-hydrogen) atoms. The number of nitrogens with one attached hydrogen (secondary N) is 2. The van der Waals surface area contributed by atoms with Crippen molar-refractivity contribution in [3.63, 3.8) is 0 Å². The van der Waals surface area contributed by atoms with Crippen molar-refractivity contribution < 1.29 is 28.7 Å². The van der Waals surface area contributed by atoms with Crippen LogP contribution in [0.5, 0.6) is 0 Å². The Morgan fingerprint density at radius 3 is 1.39 bits per heavy atom. The molecule has 0 radical (unpaired) electrons. The van der Waals surface area contributed by atoms with Gasteiger partial charge in [0.15, 0.2) is 0 Å². The molecule has 10 nitrogen and oxygen atoms in total. The first-order valence-electron chi connectivity index (χ1n) is 16.5. The zero-order valence-electron chi connectivity index (χ0n) is 27.8. The molecular weight excluding hydrogens is 560 g/mol. The minimum absolute atomic E-state index is 0.122. The molecule has 0 spiro atoms. The van der Waals surface area contributed by atoms with Crippen LogP contribution in [-0.2, 0) is 41.7 Å². The minimum Gasteiger partial charge on any atom is -0.362 e. The zero-order valence-corrected chi connectivity index (χ0v) is 27.8. The number of nitrogens with zero attached hydrogens (tertiary/aromatic N) is 2. The van der Waals surface area contributed by atoms with E-state index in [1.807, 2.05) is 24.3 Å². The van der Waals surface area contributed by atoms with E-state index in [4.69, 9.17) is 9.47 Å². The fourth-order valence-corrected chi connectivity index (χ4v) is 4.54. The van der Waals surface area contributed by atoms with Crippen LogP contribution in [0.1, 0.15) is 102 Å². The van der Waals surface area contributed by atoms with Gasteiger partial charge in [0.1, 0.15) is 26.4 Å². The van der Waals surface area contributed by atoms with Crippen molar-refractivity contribution in [3.8, 4) is 0 Å². The van der Waals surface area contributed by atoms with Gasteiger partial charge in [-0.05, 0) is 24.0 Å². The van der Waals surface area contributed by atoms with Gasteiger partial charge in [-0.25, -0.2) is 0 Å². The van der Waals surface area contributed by atoms with Crippen LogP contribution in [0.3, 0.4) is 0 Å². The summed E-state index contributed by atoms with van der Waals surface area (Å²) in [6.45, 7) is 5.75. The Balaban J connectivity index is 2.20. The standard InChI is InChI=1S/C34H58N4O6/c1-5-7-9-11-13-15-20-37(3)33(41)27-43-25-31(39)35-23-29-18-17-19-30(22-29)24-36-32(40)26-44-28-34(42)38(4)21-16-14-12-10-8-6-2/h17-19,22H,5-16,20-21,23-28H2,1-4H3,(H,35,39)(H,36,40). The maximum absolute atomic E-state index is 12.2. The number of rotatable bonds is 26. The lowest BCUT2D eigenvalue weighted by Gasteiger charge is -2.17. The van der Waals surface area contributed by atoms with Crippen molar-refractivity contribution in [1.29, 1.82) is 0 Å². The lowest BCUT2D eigenvalue weighted by molar-refractivity contribution is -0.138. The van der Waals surface area contributed by atoms with Gasteiger partial charge in [-0.1, -0.05) is 102 Å².